The molecule has 0 aliphatic heterocycles. The minimum atomic E-state index is -0.1000. The Morgan fingerprint density at radius 1 is 1.12 bits per heavy atom. The Balaban J connectivity index is 1.86. The van der Waals surface area contributed by atoms with Crippen LogP contribution < -0.4 is 10.9 Å². The summed E-state index contributed by atoms with van der Waals surface area (Å²) in [6, 6.07) is 17.5. The Morgan fingerprint density at radius 2 is 1.83 bits per heavy atom. The zero-order chi connectivity index (χ0) is 16.9. The van der Waals surface area contributed by atoms with E-state index in [0.29, 0.717) is 18.7 Å². The molecule has 0 saturated carbocycles. The molecular weight excluding hydrogens is 302 g/mol. The molecule has 0 radical (unpaired) electrons. The third kappa shape index (κ3) is 3.37. The molecule has 3 aromatic rings. The third-order valence-electron chi connectivity index (χ3n) is 4.19. The van der Waals surface area contributed by atoms with Crippen LogP contribution in [0.3, 0.4) is 0 Å². The number of aryl methyl sites for hydroxylation is 1. The van der Waals surface area contributed by atoms with Gasteiger partial charge in [-0.3, -0.25) is 4.79 Å². The molecule has 0 aliphatic rings. The molecule has 1 aromatic heterocycles. The number of aliphatic hydroxyl groups excluding tert-OH is 1. The lowest BCUT2D eigenvalue weighted by Crippen LogP contribution is -2.30. The number of hydrogen-bond donors (Lipinski definition) is 2. The molecule has 0 amide bonds. The van der Waals surface area contributed by atoms with Crippen molar-refractivity contribution in [2.45, 2.75) is 19.0 Å². The lowest BCUT2D eigenvalue weighted by atomic mass is 10.0. The van der Waals surface area contributed by atoms with E-state index in [-0.39, 0.29) is 18.2 Å². The number of benzene rings is 2. The van der Waals surface area contributed by atoms with Crippen molar-refractivity contribution in [2.75, 3.05) is 6.61 Å². The first kappa shape index (κ1) is 16.4. The zero-order valence-electron chi connectivity index (χ0n) is 13.6. The number of nitrogens with one attached hydrogen (secondary N) is 1. The van der Waals surface area contributed by atoms with E-state index < -0.39 is 0 Å². The highest BCUT2D eigenvalue weighted by Crippen LogP contribution is 2.16. The molecule has 0 bridgehead atoms. The molecule has 2 aromatic carbocycles. The summed E-state index contributed by atoms with van der Waals surface area (Å²) in [6.07, 6.45) is 0.581. The predicted molar refractivity (Wildman–Crippen MR) is 94.7 cm³/mol. The Labute approximate surface area is 140 Å². The molecule has 1 atom stereocenters. The molecular formula is C19H21N3O2. The molecule has 0 spiro atoms. The predicted octanol–water partition coefficient (Wildman–Crippen LogP) is 2.15. The summed E-state index contributed by atoms with van der Waals surface area (Å²) in [6.45, 7) is 0.437. The first-order valence-electron chi connectivity index (χ1n) is 8.04. The second-order valence-corrected chi connectivity index (χ2v) is 5.77. The minimum Gasteiger partial charge on any atom is -0.396 e. The number of aliphatic hydroxyl groups is 1. The number of para-hydroxylation sites is 2. The van der Waals surface area contributed by atoms with Gasteiger partial charge >= 0.3 is 0 Å². The largest absolute Gasteiger partial charge is 0.396 e. The van der Waals surface area contributed by atoms with Crippen molar-refractivity contribution >= 4 is 11.0 Å². The first-order valence-corrected chi connectivity index (χ1v) is 8.04. The maximum absolute atomic E-state index is 12.5. The van der Waals surface area contributed by atoms with Crippen molar-refractivity contribution in [3.8, 4) is 0 Å². The van der Waals surface area contributed by atoms with Crippen molar-refractivity contribution < 1.29 is 5.11 Å². The smallest absolute Gasteiger partial charge is 0.273 e. The number of rotatable bonds is 6. The quantitative estimate of drug-likeness (QED) is 0.729. The Morgan fingerprint density at radius 3 is 2.58 bits per heavy atom. The fourth-order valence-electron chi connectivity index (χ4n) is 2.87. The van der Waals surface area contributed by atoms with Crippen molar-refractivity contribution in [1.29, 1.82) is 0 Å². The van der Waals surface area contributed by atoms with Crippen LogP contribution in [0.5, 0.6) is 0 Å². The lowest BCUT2D eigenvalue weighted by Gasteiger charge is -2.18. The van der Waals surface area contributed by atoms with Gasteiger partial charge in [-0.05, 0) is 24.1 Å². The van der Waals surface area contributed by atoms with Gasteiger partial charge in [-0.25, -0.2) is 4.98 Å². The first-order chi connectivity index (χ1) is 11.7. The molecule has 0 unspecified atom stereocenters. The Hall–Kier alpha value is -2.50. The molecule has 5 nitrogen and oxygen atoms in total. The van der Waals surface area contributed by atoms with Gasteiger partial charge in [0.1, 0.15) is 5.69 Å². The van der Waals surface area contributed by atoms with Crippen LogP contribution in [-0.2, 0) is 13.6 Å². The number of aromatic nitrogens is 2. The fraction of sp³-hybridized carbons (Fsp3) is 0.263. The Kier molecular flexibility index (Phi) is 5.03. The molecule has 3 rings (SSSR count). The third-order valence-corrected chi connectivity index (χ3v) is 4.19. The van der Waals surface area contributed by atoms with Crippen LogP contribution in [-0.4, -0.2) is 21.3 Å². The molecule has 0 aliphatic carbocycles. The molecule has 2 N–H and O–H groups in total. The molecule has 0 fully saturated rings. The van der Waals surface area contributed by atoms with Gasteiger partial charge in [-0.1, -0.05) is 42.5 Å². The summed E-state index contributed by atoms with van der Waals surface area (Å²) in [5.74, 6) is 0. The minimum absolute atomic E-state index is 0.0193. The number of nitrogens with zero attached hydrogens (tertiary/aromatic N) is 2. The van der Waals surface area contributed by atoms with E-state index in [2.05, 4.69) is 10.3 Å². The van der Waals surface area contributed by atoms with Gasteiger partial charge in [0.15, 0.2) is 0 Å². The lowest BCUT2D eigenvalue weighted by molar-refractivity contribution is 0.264. The van der Waals surface area contributed by atoms with Crippen LogP contribution in [0.25, 0.3) is 11.0 Å². The SMILES string of the molecule is Cn1c(=O)c(CN[C@H](CCO)c2ccccc2)nc2ccccc21. The highest BCUT2D eigenvalue weighted by Gasteiger charge is 2.13. The standard InChI is InChI=1S/C19H21N3O2/c1-22-18-10-6-5-9-16(18)21-17(19(22)24)13-20-15(11-12-23)14-7-3-2-4-8-14/h2-10,15,20,23H,11-13H2,1H3/t15-/m1/s1. The molecule has 0 saturated heterocycles. The van der Waals surface area contributed by atoms with Gasteiger partial charge in [-0.15, -0.1) is 0 Å². The van der Waals surface area contributed by atoms with E-state index >= 15 is 0 Å². The number of fused-ring (bicyclic) bond motifs is 1. The van der Waals surface area contributed by atoms with E-state index in [1.54, 1.807) is 11.6 Å². The van der Waals surface area contributed by atoms with Crippen LogP contribution in [0.4, 0.5) is 0 Å². The van der Waals surface area contributed by atoms with Gasteiger partial charge in [0, 0.05) is 26.2 Å². The maximum Gasteiger partial charge on any atom is 0.273 e. The average Bonchev–Trinajstić information content (AvgIpc) is 2.63. The normalized spacial score (nSPS) is 12.4. The highest BCUT2D eigenvalue weighted by atomic mass is 16.3. The Bertz CT molecular complexity index is 875. The summed E-state index contributed by atoms with van der Waals surface area (Å²) in [7, 11) is 1.76. The molecule has 1 heterocycles. The van der Waals surface area contributed by atoms with E-state index in [9.17, 15) is 9.90 Å². The van der Waals surface area contributed by atoms with Gasteiger partial charge in [-0.2, -0.15) is 0 Å². The number of hydrogen-bond acceptors (Lipinski definition) is 4. The van der Waals surface area contributed by atoms with Crippen molar-refractivity contribution in [1.82, 2.24) is 14.9 Å². The van der Waals surface area contributed by atoms with Gasteiger partial charge < -0.3 is 15.0 Å². The maximum atomic E-state index is 12.5. The van der Waals surface area contributed by atoms with Crippen LogP contribution >= 0.6 is 0 Å². The van der Waals surface area contributed by atoms with E-state index in [0.717, 1.165) is 16.6 Å². The van der Waals surface area contributed by atoms with E-state index in [1.807, 2.05) is 54.6 Å². The summed E-state index contributed by atoms with van der Waals surface area (Å²) < 4.78 is 1.63. The monoisotopic (exact) mass is 323 g/mol. The molecule has 124 valence electrons. The second-order valence-electron chi connectivity index (χ2n) is 5.77. The van der Waals surface area contributed by atoms with Gasteiger partial charge in [0.2, 0.25) is 0 Å². The van der Waals surface area contributed by atoms with Gasteiger partial charge in [0.25, 0.3) is 5.56 Å². The van der Waals surface area contributed by atoms with Crippen molar-refractivity contribution in [3.05, 3.63) is 76.2 Å². The highest BCUT2D eigenvalue weighted by molar-refractivity contribution is 5.74. The molecule has 5 heteroatoms. The summed E-state index contributed by atoms with van der Waals surface area (Å²) in [5, 5.41) is 12.7. The van der Waals surface area contributed by atoms with Gasteiger partial charge in [0.05, 0.1) is 11.0 Å². The topological polar surface area (TPSA) is 67.2 Å². The molecule has 24 heavy (non-hydrogen) atoms. The van der Waals surface area contributed by atoms with Crippen molar-refractivity contribution in [3.63, 3.8) is 0 Å². The van der Waals surface area contributed by atoms with Crippen LogP contribution in [0.15, 0.2) is 59.4 Å². The summed E-state index contributed by atoms with van der Waals surface area (Å²) >= 11 is 0. The van der Waals surface area contributed by atoms with Crippen LogP contribution in [0, 0.1) is 0 Å². The van der Waals surface area contributed by atoms with Crippen LogP contribution in [0.1, 0.15) is 23.7 Å². The van der Waals surface area contributed by atoms with Crippen LogP contribution in [0.2, 0.25) is 0 Å². The van der Waals surface area contributed by atoms with E-state index in [4.69, 9.17) is 0 Å². The van der Waals surface area contributed by atoms with Crippen molar-refractivity contribution in [2.24, 2.45) is 7.05 Å². The fourth-order valence-corrected chi connectivity index (χ4v) is 2.87. The van der Waals surface area contributed by atoms with E-state index in [1.165, 1.54) is 0 Å². The summed E-state index contributed by atoms with van der Waals surface area (Å²) in [5.41, 5.74) is 3.09. The summed E-state index contributed by atoms with van der Waals surface area (Å²) in [4.78, 5) is 17.0. The zero-order valence-corrected chi connectivity index (χ0v) is 13.6. The average molecular weight is 323 g/mol. The second kappa shape index (κ2) is 7.38.